The second-order valence-corrected chi connectivity index (χ2v) is 9.83. The van der Waals surface area contributed by atoms with Gasteiger partial charge in [0.1, 0.15) is 0 Å². The molecule has 1 atom stereocenters. The largest absolute Gasteiger partial charge is 0.348 e. The van der Waals surface area contributed by atoms with Crippen molar-refractivity contribution in [1.29, 1.82) is 0 Å². The topological polar surface area (TPSA) is 46.0 Å². The van der Waals surface area contributed by atoms with E-state index in [-0.39, 0.29) is 5.54 Å². The minimum atomic E-state index is 0.186. The van der Waals surface area contributed by atoms with Crippen molar-refractivity contribution in [3.63, 3.8) is 0 Å². The molecule has 1 unspecified atom stereocenters. The van der Waals surface area contributed by atoms with Gasteiger partial charge in [-0.2, -0.15) is 5.10 Å². The lowest BCUT2D eigenvalue weighted by atomic mass is 9.89. The molecule has 6 heteroatoms. The molecule has 1 N–H and O–H groups in total. The molecule has 1 fully saturated rings. The minimum absolute atomic E-state index is 0.186. The van der Waals surface area contributed by atoms with Crippen LogP contribution in [0.5, 0.6) is 0 Å². The molecular formula is C23H27N5S. The van der Waals surface area contributed by atoms with E-state index in [0.717, 1.165) is 35.6 Å². The molecule has 1 saturated heterocycles. The van der Waals surface area contributed by atoms with Crippen LogP contribution in [0.3, 0.4) is 0 Å². The summed E-state index contributed by atoms with van der Waals surface area (Å²) in [7, 11) is 4.16. The molecule has 1 aliphatic heterocycles. The van der Waals surface area contributed by atoms with Gasteiger partial charge in [0.05, 0.1) is 15.7 Å². The molecule has 0 aliphatic carbocycles. The van der Waals surface area contributed by atoms with Crippen LogP contribution in [-0.4, -0.2) is 39.9 Å². The summed E-state index contributed by atoms with van der Waals surface area (Å²) >= 11 is 1.79. The van der Waals surface area contributed by atoms with E-state index < -0.39 is 0 Å². The Labute approximate surface area is 175 Å². The van der Waals surface area contributed by atoms with Crippen molar-refractivity contribution in [3.8, 4) is 11.1 Å². The molecule has 150 valence electrons. The lowest BCUT2D eigenvalue weighted by Gasteiger charge is -2.40. The van der Waals surface area contributed by atoms with Crippen LogP contribution in [0.15, 0.2) is 42.6 Å². The van der Waals surface area contributed by atoms with Crippen LogP contribution in [0.2, 0.25) is 0 Å². The quantitative estimate of drug-likeness (QED) is 0.531. The van der Waals surface area contributed by atoms with E-state index in [4.69, 9.17) is 4.98 Å². The molecule has 3 heterocycles. The highest BCUT2D eigenvalue weighted by atomic mass is 32.1. The lowest BCUT2D eigenvalue weighted by Crippen LogP contribution is -2.52. The van der Waals surface area contributed by atoms with Crippen LogP contribution in [0.25, 0.3) is 32.2 Å². The average molecular weight is 406 g/mol. The van der Waals surface area contributed by atoms with Crippen LogP contribution in [-0.2, 0) is 7.05 Å². The van der Waals surface area contributed by atoms with Gasteiger partial charge in [0.2, 0.25) is 0 Å². The maximum absolute atomic E-state index is 4.93. The van der Waals surface area contributed by atoms with Crippen LogP contribution in [0.1, 0.15) is 26.7 Å². The number of rotatable bonds is 3. The monoisotopic (exact) mass is 405 g/mol. The Morgan fingerprint density at radius 1 is 1.14 bits per heavy atom. The number of piperidine rings is 1. The Bertz CT molecular complexity index is 1190. The van der Waals surface area contributed by atoms with Gasteiger partial charge >= 0.3 is 0 Å². The third kappa shape index (κ3) is 3.51. The molecule has 0 radical (unpaired) electrons. The lowest BCUT2D eigenvalue weighted by molar-refractivity contribution is 0.271. The number of hydrogen-bond donors (Lipinski definition) is 1. The van der Waals surface area contributed by atoms with Gasteiger partial charge in [-0.3, -0.25) is 4.68 Å². The first kappa shape index (κ1) is 18.6. The number of hydrogen-bond acceptors (Lipinski definition) is 5. The van der Waals surface area contributed by atoms with Crippen molar-refractivity contribution >= 4 is 37.6 Å². The van der Waals surface area contributed by atoms with Gasteiger partial charge in [-0.05, 0) is 68.6 Å². The fourth-order valence-corrected chi connectivity index (χ4v) is 5.44. The molecule has 0 spiro atoms. The Hall–Kier alpha value is -2.44. The second kappa shape index (κ2) is 6.82. The summed E-state index contributed by atoms with van der Waals surface area (Å²) in [5, 5.41) is 10.4. The minimum Gasteiger partial charge on any atom is -0.348 e. The van der Waals surface area contributed by atoms with Crippen molar-refractivity contribution in [2.24, 2.45) is 7.05 Å². The van der Waals surface area contributed by atoms with Crippen molar-refractivity contribution in [3.05, 3.63) is 42.6 Å². The molecule has 2 aromatic heterocycles. The highest BCUT2D eigenvalue weighted by Crippen LogP contribution is 2.35. The Kier molecular flexibility index (Phi) is 4.37. The maximum atomic E-state index is 4.93. The zero-order valence-corrected chi connectivity index (χ0v) is 18.3. The molecule has 2 aromatic carbocycles. The summed E-state index contributed by atoms with van der Waals surface area (Å²) in [6.45, 7) is 5.64. The molecule has 0 amide bonds. The summed E-state index contributed by atoms with van der Waals surface area (Å²) in [4.78, 5) is 7.32. The number of fused-ring (bicyclic) bond motifs is 2. The Morgan fingerprint density at radius 3 is 2.69 bits per heavy atom. The fourth-order valence-electron chi connectivity index (χ4n) is 4.40. The molecule has 1 aliphatic rings. The standard InChI is InChI=1S/C23H27N5S/c1-23(2)13-18(9-10-24-23)28(4)22-25-20-8-6-16(12-21(20)29-22)15-5-7-19-17(11-15)14-27(3)26-19/h5-8,11-12,14,18,24H,9-10,13H2,1-4H3. The maximum Gasteiger partial charge on any atom is 0.186 e. The number of benzene rings is 2. The van der Waals surface area contributed by atoms with E-state index in [0.29, 0.717) is 6.04 Å². The van der Waals surface area contributed by atoms with Crippen molar-refractivity contribution in [1.82, 2.24) is 20.1 Å². The number of aromatic nitrogens is 3. The third-order valence-electron chi connectivity index (χ3n) is 6.01. The van der Waals surface area contributed by atoms with Crippen molar-refractivity contribution in [2.45, 2.75) is 38.3 Å². The highest BCUT2D eigenvalue weighted by molar-refractivity contribution is 7.22. The van der Waals surface area contributed by atoms with Gasteiger partial charge in [0.25, 0.3) is 0 Å². The normalized spacial score (nSPS) is 19.1. The number of anilines is 1. The molecule has 5 nitrogen and oxygen atoms in total. The van der Waals surface area contributed by atoms with Gasteiger partial charge in [-0.1, -0.05) is 23.5 Å². The molecule has 5 rings (SSSR count). The number of nitrogens with one attached hydrogen (secondary N) is 1. The molecular weight excluding hydrogens is 378 g/mol. The van der Waals surface area contributed by atoms with Gasteiger partial charge in [-0.15, -0.1) is 0 Å². The third-order valence-corrected chi connectivity index (χ3v) is 7.11. The molecule has 4 aromatic rings. The van der Waals surface area contributed by atoms with Crippen LogP contribution < -0.4 is 10.2 Å². The van der Waals surface area contributed by atoms with Gasteiger partial charge in [-0.25, -0.2) is 4.98 Å². The number of aryl methyl sites for hydroxylation is 1. The van der Waals surface area contributed by atoms with Crippen LogP contribution >= 0.6 is 11.3 Å². The zero-order valence-electron chi connectivity index (χ0n) is 17.4. The smallest absolute Gasteiger partial charge is 0.186 e. The summed E-state index contributed by atoms with van der Waals surface area (Å²) in [5.41, 5.74) is 4.74. The highest BCUT2D eigenvalue weighted by Gasteiger charge is 2.30. The van der Waals surface area contributed by atoms with Crippen LogP contribution in [0.4, 0.5) is 5.13 Å². The summed E-state index contributed by atoms with van der Waals surface area (Å²) in [5.74, 6) is 0. The van der Waals surface area contributed by atoms with Crippen molar-refractivity contribution < 1.29 is 0 Å². The second-order valence-electron chi connectivity index (χ2n) is 8.82. The van der Waals surface area contributed by atoms with Crippen molar-refractivity contribution in [2.75, 3.05) is 18.5 Å². The van der Waals surface area contributed by atoms with Gasteiger partial charge < -0.3 is 10.2 Å². The molecule has 29 heavy (non-hydrogen) atoms. The predicted octanol–water partition coefficient (Wildman–Crippen LogP) is 4.82. The predicted molar refractivity (Wildman–Crippen MR) is 123 cm³/mol. The van der Waals surface area contributed by atoms with Gasteiger partial charge in [0, 0.05) is 37.3 Å². The van der Waals surface area contributed by atoms with Gasteiger partial charge in [0.15, 0.2) is 5.13 Å². The average Bonchev–Trinajstić information content (AvgIpc) is 3.27. The summed E-state index contributed by atoms with van der Waals surface area (Å²) < 4.78 is 3.11. The molecule has 0 saturated carbocycles. The van der Waals surface area contributed by atoms with E-state index in [9.17, 15) is 0 Å². The zero-order chi connectivity index (χ0) is 20.2. The number of nitrogens with zero attached hydrogens (tertiary/aromatic N) is 4. The van der Waals surface area contributed by atoms with E-state index in [1.165, 1.54) is 21.2 Å². The SMILES string of the molecule is CN(c1nc2ccc(-c3ccc4nn(C)cc4c3)cc2s1)C1CCNC(C)(C)C1. The summed E-state index contributed by atoms with van der Waals surface area (Å²) in [6, 6.07) is 13.6. The number of thiazole rings is 1. The first-order chi connectivity index (χ1) is 13.9. The van der Waals surface area contributed by atoms with E-state index in [1.807, 2.05) is 11.7 Å². The van der Waals surface area contributed by atoms with E-state index in [2.05, 4.69) is 78.8 Å². The Balaban J connectivity index is 1.46. The Morgan fingerprint density at radius 2 is 1.90 bits per heavy atom. The van der Waals surface area contributed by atoms with E-state index >= 15 is 0 Å². The van der Waals surface area contributed by atoms with E-state index in [1.54, 1.807) is 11.3 Å². The fraction of sp³-hybridized carbons (Fsp3) is 0.391. The van der Waals surface area contributed by atoms with Crippen LogP contribution in [0, 0.1) is 0 Å². The summed E-state index contributed by atoms with van der Waals surface area (Å²) in [6.07, 6.45) is 4.36. The first-order valence-electron chi connectivity index (χ1n) is 10.2. The molecule has 0 bridgehead atoms. The first-order valence-corrected chi connectivity index (χ1v) is 11.0.